The molecule has 0 nitrogen and oxygen atoms in total. The normalized spacial score (nSPS) is 19.3. The molecule has 0 aliphatic heterocycles. The first-order valence-corrected chi connectivity index (χ1v) is 4.98. The second-order valence-corrected chi connectivity index (χ2v) is 4.01. The van der Waals surface area contributed by atoms with E-state index in [-0.39, 0.29) is 5.31 Å². The second-order valence-electron chi connectivity index (χ2n) is 4.01. The monoisotopic (exact) mass is 164 g/mol. The van der Waals surface area contributed by atoms with Gasteiger partial charge in [0.05, 0.1) is 7.85 Å². The molecule has 0 aliphatic rings. The van der Waals surface area contributed by atoms with Crippen LogP contribution in [0.5, 0.6) is 0 Å². The standard InChI is InChI=1S/C11H21B/c1-5-10(3)8-7-9-11(4,12)6-2/h7,9-10H,5-6,8H2,1-4H3/b9-7+. The van der Waals surface area contributed by atoms with E-state index in [4.69, 9.17) is 7.85 Å². The highest BCUT2D eigenvalue weighted by molar-refractivity contribution is 6.16. The highest BCUT2D eigenvalue weighted by atomic mass is 14.1. The number of allylic oxidation sites excluding steroid dienone is 2. The molecule has 0 heterocycles. The van der Waals surface area contributed by atoms with Crippen molar-refractivity contribution in [3.8, 4) is 0 Å². The van der Waals surface area contributed by atoms with E-state index >= 15 is 0 Å². The van der Waals surface area contributed by atoms with E-state index in [9.17, 15) is 0 Å². The minimum absolute atomic E-state index is 0.104. The first kappa shape index (κ1) is 11.8. The molecule has 0 saturated heterocycles. The molecule has 0 N–H and O–H groups in total. The summed E-state index contributed by atoms with van der Waals surface area (Å²) in [5.41, 5.74) is 0. The molecule has 2 radical (unpaired) electrons. The van der Waals surface area contributed by atoms with E-state index in [1.807, 2.05) is 0 Å². The Labute approximate surface area is 78.9 Å². The molecule has 0 aliphatic carbocycles. The van der Waals surface area contributed by atoms with Crippen LogP contribution in [0.15, 0.2) is 12.2 Å². The van der Waals surface area contributed by atoms with Crippen molar-refractivity contribution in [2.45, 2.75) is 52.3 Å². The molecular weight excluding hydrogens is 143 g/mol. The van der Waals surface area contributed by atoms with Gasteiger partial charge in [0.25, 0.3) is 0 Å². The molecular formula is C11H21B. The predicted molar refractivity (Wildman–Crippen MR) is 57.6 cm³/mol. The first-order chi connectivity index (χ1) is 5.52. The third kappa shape index (κ3) is 5.45. The van der Waals surface area contributed by atoms with Crippen molar-refractivity contribution in [2.75, 3.05) is 0 Å². The van der Waals surface area contributed by atoms with Crippen molar-refractivity contribution in [1.29, 1.82) is 0 Å². The summed E-state index contributed by atoms with van der Waals surface area (Å²) in [6.45, 7) is 8.68. The van der Waals surface area contributed by atoms with Crippen molar-refractivity contribution in [3.63, 3.8) is 0 Å². The summed E-state index contributed by atoms with van der Waals surface area (Å²) >= 11 is 0. The Morgan fingerprint density at radius 1 is 1.42 bits per heavy atom. The van der Waals surface area contributed by atoms with E-state index in [1.165, 1.54) is 6.42 Å². The topological polar surface area (TPSA) is 0 Å². The van der Waals surface area contributed by atoms with Gasteiger partial charge in [0.15, 0.2) is 0 Å². The van der Waals surface area contributed by atoms with Gasteiger partial charge in [-0.3, -0.25) is 0 Å². The average Bonchev–Trinajstić information content (AvgIpc) is 2.04. The lowest BCUT2D eigenvalue weighted by Crippen LogP contribution is -2.01. The van der Waals surface area contributed by atoms with Crippen molar-refractivity contribution in [2.24, 2.45) is 5.92 Å². The molecule has 2 unspecified atom stereocenters. The van der Waals surface area contributed by atoms with Crippen molar-refractivity contribution >= 4 is 7.85 Å². The molecule has 0 aromatic rings. The fourth-order valence-corrected chi connectivity index (χ4v) is 0.854. The summed E-state index contributed by atoms with van der Waals surface area (Å²) in [4.78, 5) is 0. The van der Waals surface area contributed by atoms with Gasteiger partial charge >= 0.3 is 0 Å². The van der Waals surface area contributed by atoms with Gasteiger partial charge in [-0.05, 0) is 12.3 Å². The summed E-state index contributed by atoms with van der Waals surface area (Å²) in [6.07, 6.45) is 7.77. The van der Waals surface area contributed by atoms with Crippen LogP contribution in [-0.2, 0) is 0 Å². The fraction of sp³-hybridized carbons (Fsp3) is 0.818. The predicted octanol–water partition coefficient (Wildman–Crippen LogP) is 3.74. The van der Waals surface area contributed by atoms with Gasteiger partial charge in [-0.1, -0.05) is 58.0 Å². The van der Waals surface area contributed by atoms with Gasteiger partial charge in [-0.15, -0.1) is 0 Å². The van der Waals surface area contributed by atoms with Crippen LogP contribution < -0.4 is 0 Å². The average molecular weight is 164 g/mol. The molecule has 0 spiro atoms. The van der Waals surface area contributed by atoms with Crippen LogP contribution in [0.3, 0.4) is 0 Å². The zero-order chi connectivity index (χ0) is 9.61. The van der Waals surface area contributed by atoms with Gasteiger partial charge < -0.3 is 0 Å². The van der Waals surface area contributed by atoms with Crippen LogP contribution >= 0.6 is 0 Å². The maximum atomic E-state index is 5.96. The van der Waals surface area contributed by atoms with E-state index in [0.717, 1.165) is 18.8 Å². The van der Waals surface area contributed by atoms with Crippen LogP contribution in [0, 0.1) is 5.92 Å². The van der Waals surface area contributed by atoms with Crippen LogP contribution in [-0.4, -0.2) is 7.85 Å². The quantitative estimate of drug-likeness (QED) is 0.429. The number of hydrogen-bond acceptors (Lipinski definition) is 0. The maximum absolute atomic E-state index is 5.96. The van der Waals surface area contributed by atoms with Gasteiger partial charge in [0.2, 0.25) is 0 Å². The van der Waals surface area contributed by atoms with Crippen LogP contribution in [0.4, 0.5) is 0 Å². The molecule has 0 aromatic carbocycles. The lowest BCUT2D eigenvalue weighted by atomic mass is 9.68. The van der Waals surface area contributed by atoms with Gasteiger partial charge in [0.1, 0.15) is 0 Å². The zero-order valence-electron chi connectivity index (χ0n) is 8.93. The Morgan fingerprint density at radius 2 is 2.00 bits per heavy atom. The van der Waals surface area contributed by atoms with E-state index < -0.39 is 0 Å². The van der Waals surface area contributed by atoms with Gasteiger partial charge in [0, 0.05) is 0 Å². The van der Waals surface area contributed by atoms with Crippen LogP contribution in [0.25, 0.3) is 0 Å². The van der Waals surface area contributed by atoms with Crippen LogP contribution in [0.1, 0.15) is 47.0 Å². The lowest BCUT2D eigenvalue weighted by Gasteiger charge is -2.17. The van der Waals surface area contributed by atoms with E-state index in [0.29, 0.717) is 0 Å². The summed E-state index contributed by atoms with van der Waals surface area (Å²) in [7, 11) is 5.96. The van der Waals surface area contributed by atoms with Crippen molar-refractivity contribution in [3.05, 3.63) is 12.2 Å². The minimum atomic E-state index is -0.104. The molecule has 0 saturated carbocycles. The summed E-state index contributed by atoms with van der Waals surface area (Å²) < 4.78 is 0. The minimum Gasteiger partial charge on any atom is -0.0914 e. The molecule has 0 fully saturated rings. The Balaban J connectivity index is 3.75. The third-order valence-electron chi connectivity index (χ3n) is 2.50. The highest BCUT2D eigenvalue weighted by Gasteiger charge is 2.08. The van der Waals surface area contributed by atoms with E-state index in [2.05, 4.69) is 39.8 Å². The van der Waals surface area contributed by atoms with Crippen LogP contribution in [0.2, 0.25) is 5.31 Å². The fourth-order valence-electron chi connectivity index (χ4n) is 0.854. The SMILES string of the molecule is [B]C(C)(/C=C/CC(C)CC)CC. The molecule has 2 atom stereocenters. The molecule has 0 amide bonds. The molecule has 0 rings (SSSR count). The third-order valence-corrected chi connectivity index (χ3v) is 2.50. The van der Waals surface area contributed by atoms with E-state index in [1.54, 1.807) is 0 Å². The molecule has 1 heteroatoms. The van der Waals surface area contributed by atoms with Gasteiger partial charge in [-0.2, -0.15) is 0 Å². The Morgan fingerprint density at radius 3 is 2.42 bits per heavy atom. The molecule has 0 aromatic heterocycles. The molecule has 0 bridgehead atoms. The van der Waals surface area contributed by atoms with Crippen molar-refractivity contribution in [1.82, 2.24) is 0 Å². The Kier molecular flexibility index (Phi) is 5.36. The maximum Gasteiger partial charge on any atom is 0.0798 e. The van der Waals surface area contributed by atoms with Crippen molar-refractivity contribution < 1.29 is 0 Å². The smallest absolute Gasteiger partial charge is 0.0798 e. The summed E-state index contributed by atoms with van der Waals surface area (Å²) in [5.74, 6) is 0.786. The first-order valence-electron chi connectivity index (χ1n) is 4.98. The molecule has 68 valence electrons. The molecule has 12 heavy (non-hydrogen) atoms. The lowest BCUT2D eigenvalue weighted by molar-refractivity contribution is 0.569. The summed E-state index contributed by atoms with van der Waals surface area (Å²) in [6, 6.07) is 0. The Bertz CT molecular complexity index is 136. The highest BCUT2D eigenvalue weighted by Crippen LogP contribution is 2.26. The second kappa shape index (κ2) is 5.45. The van der Waals surface area contributed by atoms with Gasteiger partial charge in [-0.25, -0.2) is 0 Å². The largest absolute Gasteiger partial charge is 0.0914 e. The number of rotatable bonds is 5. The zero-order valence-corrected chi connectivity index (χ0v) is 8.93. The number of hydrogen-bond donors (Lipinski definition) is 0. The summed E-state index contributed by atoms with van der Waals surface area (Å²) in [5, 5.41) is -0.104. The Hall–Kier alpha value is -0.195.